The number of aromatic nitrogens is 3. The molecule has 0 saturated heterocycles. The van der Waals surface area contributed by atoms with E-state index in [9.17, 15) is 3.89 Å². The minimum Gasteiger partial charge on any atom is -0.370 e. The van der Waals surface area contributed by atoms with E-state index in [0.717, 1.165) is 48.7 Å². The molecule has 0 spiro atoms. The number of rotatable bonds is 10. The van der Waals surface area contributed by atoms with Crippen LogP contribution in [0.1, 0.15) is 44.0 Å². The normalized spacial score (nSPS) is 12.7. The van der Waals surface area contributed by atoms with E-state index in [0.29, 0.717) is 10.5 Å². The summed E-state index contributed by atoms with van der Waals surface area (Å²) in [5.74, 6) is 0.819. The minimum atomic E-state index is 0.177. The average molecular weight is 454 g/mol. The van der Waals surface area contributed by atoms with Gasteiger partial charge >= 0.3 is 0 Å². The molecule has 0 radical (unpaired) electrons. The van der Waals surface area contributed by atoms with Gasteiger partial charge in [-0.15, -0.1) is 0 Å². The second kappa shape index (κ2) is 11.3. The topological polar surface area (TPSA) is 45.5 Å². The number of hydrogen-bond donors (Lipinski definition) is 1. The van der Waals surface area contributed by atoms with Crippen LogP contribution in [0.15, 0.2) is 59.1 Å². The average Bonchev–Trinajstić information content (AvgIpc) is 3.19. The number of anilines is 1. The van der Waals surface area contributed by atoms with Crippen molar-refractivity contribution in [2.45, 2.75) is 45.6 Å². The summed E-state index contributed by atoms with van der Waals surface area (Å²) in [5, 5.41) is 7.82. The summed E-state index contributed by atoms with van der Waals surface area (Å²) in [4.78, 5) is 7.42. The Morgan fingerprint density at radius 1 is 1.28 bits per heavy atom. The highest BCUT2D eigenvalue weighted by Gasteiger charge is 2.14. The van der Waals surface area contributed by atoms with E-state index in [-0.39, 0.29) is 12.1 Å². The van der Waals surface area contributed by atoms with E-state index in [1.54, 1.807) is 4.52 Å². The van der Waals surface area contributed by atoms with Crippen LogP contribution in [0.2, 0.25) is 0 Å². The molecular formula is C25H32FN5S. The van der Waals surface area contributed by atoms with E-state index in [1.807, 2.05) is 26.0 Å². The van der Waals surface area contributed by atoms with Crippen LogP contribution in [0.3, 0.4) is 0 Å². The molecule has 0 aliphatic rings. The van der Waals surface area contributed by atoms with E-state index < -0.39 is 0 Å². The molecule has 0 unspecified atom stereocenters. The molecule has 0 bridgehead atoms. The van der Waals surface area contributed by atoms with Crippen molar-refractivity contribution >= 4 is 29.2 Å². The van der Waals surface area contributed by atoms with E-state index in [2.05, 4.69) is 71.5 Å². The SMILES string of the molecule is C/C=C\C(C)=C(/C)c1cc(NCCCN(C)Cc2cccc(C)c2)n2ncc(SF)c2n1. The second-order valence-electron chi connectivity index (χ2n) is 8.16. The smallest absolute Gasteiger partial charge is 0.174 e. The van der Waals surface area contributed by atoms with Crippen LogP contribution in [0, 0.1) is 6.92 Å². The zero-order valence-electron chi connectivity index (χ0n) is 19.5. The molecular weight excluding hydrogens is 421 g/mol. The van der Waals surface area contributed by atoms with Gasteiger partial charge in [-0.05, 0) is 64.4 Å². The van der Waals surface area contributed by atoms with E-state index >= 15 is 0 Å². The number of halogens is 1. The molecule has 2 heterocycles. The zero-order chi connectivity index (χ0) is 23.1. The van der Waals surface area contributed by atoms with Crippen molar-refractivity contribution in [3.05, 3.63) is 71.1 Å². The monoisotopic (exact) mass is 453 g/mol. The number of fused-ring (bicyclic) bond motifs is 1. The van der Waals surface area contributed by atoms with Gasteiger partial charge in [0, 0.05) is 19.2 Å². The van der Waals surface area contributed by atoms with Crippen LogP contribution >= 0.6 is 12.1 Å². The number of nitrogens with one attached hydrogen (secondary N) is 1. The molecule has 5 nitrogen and oxygen atoms in total. The molecule has 32 heavy (non-hydrogen) atoms. The first-order valence-corrected chi connectivity index (χ1v) is 11.6. The Morgan fingerprint density at radius 3 is 2.81 bits per heavy atom. The molecule has 3 aromatic rings. The summed E-state index contributed by atoms with van der Waals surface area (Å²) in [5.41, 5.74) is 6.15. The van der Waals surface area contributed by atoms with Gasteiger partial charge < -0.3 is 10.2 Å². The molecule has 0 aliphatic heterocycles. The standard InChI is InChI=1S/C25H32FN5S/c1-6-9-19(3)20(4)22-15-24(31-25(29-22)23(32-26)16-28-31)27-12-8-13-30(5)17-21-11-7-10-18(2)14-21/h6-7,9-11,14-16,27H,8,12-13,17H2,1-5H3/b9-6-,20-19+. The number of allylic oxidation sites excluding steroid dienone is 4. The van der Waals surface area contributed by atoms with Crippen LogP contribution in [-0.2, 0) is 6.54 Å². The molecule has 0 amide bonds. The van der Waals surface area contributed by atoms with Gasteiger partial charge in [-0.2, -0.15) is 13.5 Å². The molecule has 0 fully saturated rings. The highest BCUT2D eigenvalue weighted by atomic mass is 32.2. The largest absolute Gasteiger partial charge is 0.370 e. The fourth-order valence-corrected chi connectivity index (χ4v) is 3.95. The van der Waals surface area contributed by atoms with Crippen LogP contribution in [-0.4, -0.2) is 39.6 Å². The van der Waals surface area contributed by atoms with Crippen molar-refractivity contribution < 1.29 is 3.89 Å². The second-order valence-corrected chi connectivity index (χ2v) is 8.76. The van der Waals surface area contributed by atoms with E-state index in [1.165, 1.54) is 17.3 Å². The lowest BCUT2D eigenvalue weighted by Gasteiger charge is -2.17. The molecule has 3 rings (SSSR count). The van der Waals surface area contributed by atoms with Crippen LogP contribution < -0.4 is 5.32 Å². The summed E-state index contributed by atoms with van der Waals surface area (Å²) >= 11 is 0.177. The Labute approximate surface area is 194 Å². The molecule has 7 heteroatoms. The van der Waals surface area contributed by atoms with E-state index in [4.69, 9.17) is 0 Å². The fourth-order valence-electron chi connectivity index (χ4n) is 3.66. The van der Waals surface area contributed by atoms with Gasteiger partial charge in [0.2, 0.25) is 0 Å². The fraction of sp³-hybridized carbons (Fsp3) is 0.360. The molecule has 2 aromatic heterocycles. The van der Waals surface area contributed by atoms with Gasteiger partial charge in [-0.1, -0.05) is 42.0 Å². The third-order valence-corrected chi connectivity index (χ3v) is 5.93. The summed E-state index contributed by atoms with van der Waals surface area (Å²) in [6.45, 7) is 10.9. The number of hydrogen-bond acceptors (Lipinski definition) is 5. The van der Waals surface area contributed by atoms with Gasteiger partial charge in [-0.25, -0.2) is 4.98 Å². The maximum atomic E-state index is 13.4. The van der Waals surface area contributed by atoms with Gasteiger partial charge in [0.15, 0.2) is 5.65 Å². The minimum absolute atomic E-state index is 0.177. The van der Waals surface area contributed by atoms with Gasteiger partial charge in [0.05, 0.1) is 24.0 Å². The Balaban J connectivity index is 1.70. The molecule has 1 aromatic carbocycles. The molecule has 0 saturated carbocycles. The number of aryl methyl sites for hydroxylation is 1. The number of benzene rings is 1. The molecule has 170 valence electrons. The quantitative estimate of drug-likeness (QED) is 0.288. The maximum Gasteiger partial charge on any atom is 0.174 e. The van der Waals surface area contributed by atoms with Crippen molar-refractivity contribution in [3.63, 3.8) is 0 Å². The van der Waals surface area contributed by atoms with Crippen molar-refractivity contribution in [3.8, 4) is 0 Å². The predicted octanol–water partition coefficient (Wildman–Crippen LogP) is 6.32. The molecule has 0 aliphatic carbocycles. The molecule has 0 atom stereocenters. The third kappa shape index (κ3) is 5.99. The van der Waals surface area contributed by atoms with Crippen LogP contribution in [0.5, 0.6) is 0 Å². The first kappa shape index (κ1) is 24.0. The Bertz CT molecular complexity index is 1120. The lowest BCUT2D eigenvalue weighted by Crippen LogP contribution is -2.21. The van der Waals surface area contributed by atoms with Gasteiger partial charge in [-0.3, -0.25) is 0 Å². The highest BCUT2D eigenvalue weighted by molar-refractivity contribution is 7.94. The zero-order valence-corrected chi connectivity index (χ0v) is 20.3. The highest BCUT2D eigenvalue weighted by Crippen LogP contribution is 2.28. The lowest BCUT2D eigenvalue weighted by molar-refractivity contribution is 0.325. The van der Waals surface area contributed by atoms with Crippen molar-refractivity contribution in [2.24, 2.45) is 0 Å². The first-order chi connectivity index (χ1) is 15.4. The number of nitrogens with zero attached hydrogens (tertiary/aromatic N) is 4. The van der Waals surface area contributed by atoms with Crippen LogP contribution in [0.25, 0.3) is 11.2 Å². The van der Waals surface area contributed by atoms with Crippen molar-refractivity contribution in [1.29, 1.82) is 0 Å². The summed E-state index contributed by atoms with van der Waals surface area (Å²) in [6.07, 6.45) is 6.56. The van der Waals surface area contributed by atoms with Gasteiger partial charge in [0.25, 0.3) is 0 Å². The first-order valence-electron chi connectivity index (χ1n) is 10.9. The van der Waals surface area contributed by atoms with Gasteiger partial charge in [0.1, 0.15) is 10.7 Å². The summed E-state index contributed by atoms with van der Waals surface area (Å²) in [7, 11) is 2.14. The maximum absolute atomic E-state index is 13.4. The van der Waals surface area contributed by atoms with Crippen molar-refractivity contribution in [2.75, 3.05) is 25.5 Å². The Morgan fingerprint density at radius 2 is 2.09 bits per heavy atom. The summed E-state index contributed by atoms with van der Waals surface area (Å²) in [6, 6.07) is 10.6. The lowest BCUT2D eigenvalue weighted by atomic mass is 10.1. The third-order valence-electron chi connectivity index (χ3n) is 5.47. The Hall–Kier alpha value is -2.64. The van der Waals surface area contributed by atoms with Crippen molar-refractivity contribution in [1.82, 2.24) is 19.5 Å². The van der Waals surface area contributed by atoms with Crippen LogP contribution in [0.4, 0.5) is 9.70 Å². The summed E-state index contributed by atoms with van der Waals surface area (Å²) < 4.78 is 15.1. The molecule has 1 N–H and O–H groups in total. The predicted molar refractivity (Wildman–Crippen MR) is 134 cm³/mol. The Kier molecular flexibility index (Phi) is 8.47.